The highest BCUT2D eigenvalue weighted by Gasteiger charge is 2.19. The molecule has 0 bridgehead atoms. The lowest BCUT2D eigenvalue weighted by Gasteiger charge is -2.27. The highest BCUT2D eigenvalue weighted by Crippen LogP contribution is 2.10. The summed E-state index contributed by atoms with van der Waals surface area (Å²) in [6.07, 6.45) is 1.64. The molecule has 1 amide bonds. The van der Waals surface area contributed by atoms with E-state index in [0.717, 1.165) is 0 Å². The fraction of sp³-hybridized carbons (Fsp3) is 0.500. The molecule has 1 N–H and O–H groups in total. The molecule has 0 unspecified atom stereocenters. The fourth-order valence-corrected chi connectivity index (χ4v) is 2.01. The van der Waals surface area contributed by atoms with E-state index in [1.807, 2.05) is 0 Å². The van der Waals surface area contributed by atoms with Gasteiger partial charge in [-0.05, 0) is 13.0 Å². The zero-order valence-corrected chi connectivity index (χ0v) is 10.3. The van der Waals surface area contributed by atoms with Crippen LogP contribution >= 0.6 is 0 Å². The van der Waals surface area contributed by atoms with E-state index in [-0.39, 0.29) is 18.0 Å². The number of carboxylic acid groups (broad SMARTS) is 1. The Morgan fingerprint density at radius 3 is 2.61 bits per heavy atom. The molecule has 1 aliphatic rings. The van der Waals surface area contributed by atoms with Crippen LogP contribution in [-0.4, -0.2) is 52.8 Å². The number of nitrogens with zero attached hydrogens (tertiary/aromatic N) is 2. The second-order valence-corrected chi connectivity index (χ2v) is 4.24. The van der Waals surface area contributed by atoms with Crippen molar-refractivity contribution in [3.05, 3.63) is 23.5 Å². The third kappa shape index (κ3) is 2.53. The summed E-state index contributed by atoms with van der Waals surface area (Å²) >= 11 is 0. The van der Waals surface area contributed by atoms with Crippen molar-refractivity contribution in [2.24, 2.45) is 0 Å². The molecule has 1 fully saturated rings. The smallest absolute Gasteiger partial charge is 0.337 e. The predicted molar refractivity (Wildman–Crippen MR) is 63.5 cm³/mol. The van der Waals surface area contributed by atoms with E-state index in [2.05, 4.69) is 0 Å². The lowest BCUT2D eigenvalue weighted by Crippen LogP contribution is -2.42. The maximum absolute atomic E-state index is 12.0. The van der Waals surface area contributed by atoms with Gasteiger partial charge in [0.15, 0.2) is 0 Å². The molecule has 0 aliphatic carbocycles. The minimum Gasteiger partial charge on any atom is -0.478 e. The number of hydrogen-bond acceptors (Lipinski definition) is 3. The lowest BCUT2D eigenvalue weighted by molar-refractivity contribution is -0.135. The third-order valence-electron chi connectivity index (χ3n) is 3.14. The third-order valence-corrected chi connectivity index (χ3v) is 3.14. The SMILES string of the molecule is Cc1c(C(=O)O)ccn1CC(=O)N1CCOCC1. The van der Waals surface area contributed by atoms with Gasteiger partial charge in [0, 0.05) is 25.0 Å². The summed E-state index contributed by atoms with van der Waals surface area (Å²) in [5.74, 6) is -0.973. The molecule has 0 saturated carbocycles. The average molecular weight is 252 g/mol. The minimum atomic E-state index is -0.968. The van der Waals surface area contributed by atoms with Crippen LogP contribution in [0.1, 0.15) is 16.1 Å². The summed E-state index contributed by atoms with van der Waals surface area (Å²) in [5, 5.41) is 8.94. The zero-order valence-electron chi connectivity index (χ0n) is 10.3. The Balaban J connectivity index is 2.04. The maximum Gasteiger partial charge on any atom is 0.337 e. The van der Waals surface area contributed by atoms with E-state index in [1.54, 1.807) is 22.6 Å². The van der Waals surface area contributed by atoms with Crippen molar-refractivity contribution in [2.75, 3.05) is 26.3 Å². The first-order chi connectivity index (χ1) is 8.59. The number of rotatable bonds is 3. The first kappa shape index (κ1) is 12.6. The molecule has 0 spiro atoms. The lowest BCUT2D eigenvalue weighted by atomic mass is 10.2. The van der Waals surface area contributed by atoms with E-state index in [9.17, 15) is 9.59 Å². The molecular weight excluding hydrogens is 236 g/mol. The van der Waals surface area contributed by atoms with Crippen molar-refractivity contribution in [3.8, 4) is 0 Å². The Morgan fingerprint density at radius 1 is 1.39 bits per heavy atom. The molecule has 2 heterocycles. The van der Waals surface area contributed by atoms with Gasteiger partial charge in [-0.3, -0.25) is 4.79 Å². The van der Waals surface area contributed by atoms with E-state index in [1.165, 1.54) is 6.07 Å². The number of amides is 1. The highest BCUT2D eigenvalue weighted by molar-refractivity contribution is 5.89. The van der Waals surface area contributed by atoms with E-state index >= 15 is 0 Å². The van der Waals surface area contributed by atoms with Gasteiger partial charge in [0.1, 0.15) is 6.54 Å². The van der Waals surface area contributed by atoms with Crippen LogP contribution in [-0.2, 0) is 16.1 Å². The summed E-state index contributed by atoms with van der Waals surface area (Å²) in [5.41, 5.74) is 0.842. The molecular formula is C12H16N2O4. The van der Waals surface area contributed by atoms with Crippen molar-refractivity contribution < 1.29 is 19.4 Å². The molecule has 1 aromatic rings. The molecule has 0 atom stereocenters. The molecule has 1 aromatic heterocycles. The molecule has 2 rings (SSSR count). The fourth-order valence-electron chi connectivity index (χ4n) is 2.01. The molecule has 98 valence electrons. The van der Waals surface area contributed by atoms with Crippen molar-refractivity contribution in [2.45, 2.75) is 13.5 Å². The summed E-state index contributed by atoms with van der Waals surface area (Å²) in [4.78, 5) is 24.6. The number of ether oxygens (including phenoxy) is 1. The summed E-state index contributed by atoms with van der Waals surface area (Å²) < 4.78 is 6.85. The normalized spacial score (nSPS) is 15.7. The van der Waals surface area contributed by atoms with E-state index in [0.29, 0.717) is 32.0 Å². The quantitative estimate of drug-likeness (QED) is 0.842. The van der Waals surface area contributed by atoms with Crippen LogP contribution in [0.5, 0.6) is 0 Å². The number of hydrogen-bond donors (Lipinski definition) is 1. The van der Waals surface area contributed by atoms with Crippen LogP contribution in [0.4, 0.5) is 0 Å². The summed E-state index contributed by atoms with van der Waals surface area (Å²) in [6, 6.07) is 1.52. The molecule has 0 aromatic carbocycles. The van der Waals surface area contributed by atoms with Crippen molar-refractivity contribution in [1.82, 2.24) is 9.47 Å². The van der Waals surface area contributed by atoms with Gasteiger partial charge < -0.3 is 19.3 Å². The zero-order chi connectivity index (χ0) is 13.1. The van der Waals surface area contributed by atoms with Gasteiger partial charge in [-0.25, -0.2) is 4.79 Å². The molecule has 18 heavy (non-hydrogen) atoms. The van der Waals surface area contributed by atoms with Gasteiger partial charge in [0.2, 0.25) is 5.91 Å². The van der Waals surface area contributed by atoms with Crippen molar-refractivity contribution >= 4 is 11.9 Å². The van der Waals surface area contributed by atoms with Crippen molar-refractivity contribution in [3.63, 3.8) is 0 Å². The highest BCUT2D eigenvalue weighted by atomic mass is 16.5. The van der Waals surface area contributed by atoms with Gasteiger partial charge in [-0.2, -0.15) is 0 Å². The number of aromatic nitrogens is 1. The Morgan fingerprint density at radius 2 is 2.06 bits per heavy atom. The van der Waals surface area contributed by atoms with E-state index < -0.39 is 5.97 Å². The summed E-state index contributed by atoms with van der Waals surface area (Å²) in [6.45, 7) is 4.22. The number of carbonyl (C=O) groups excluding carboxylic acids is 1. The Kier molecular flexibility index (Phi) is 3.66. The summed E-state index contributed by atoms with van der Waals surface area (Å²) in [7, 11) is 0. The molecule has 0 radical (unpaired) electrons. The van der Waals surface area contributed by atoms with Gasteiger partial charge >= 0.3 is 5.97 Å². The van der Waals surface area contributed by atoms with Crippen LogP contribution in [0.3, 0.4) is 0 Å². The van der Waals surface area contributed by atoms with Crippen LogP contribution in [0.2, 0.25) is 0 Å². The van der Waals surface area contributed by atoms with Gasteiger partial charge in [-0.15, -0.1) is 0 Å². The van der Waals surface area contributed by atoms with Crippen LogP contribution < -0.4 is 0 Å². The first-order valence-electron chi connectivity index (χ1n) is 5.84. The second-order valence-electron chi connectivity index (χ2n) is 4.24. The Hall–Kier alpha value is -1.82. The molecule has 6 heteroatoms. The van der Waals surface area contributed by atoms with E-state index in [4.69, 9.17) is 9.84 Å². The second kappa shape index (κ2) is 5.22. The van der Waals surface area contributed by atoms with Gasteiger partial charge in [0.05, 0.1) is 18.8 Å². The number of aromatic carboxylic acids is 1. The molecule has 1 saturated heterocycles. The number of carbonyl (C=O) groups is 2. The largest absolute Gasteiger partial charge is 0.478 e. The Labute approximate surface area is 105 Å². The predicted octanol–water partition coefficient (Wildman–Crippen LogP) is 0.354. The number of carboxylic acids is 1. The van der Waals surface area contributed by atoms with Gasteiger partial charge in [0.25, 0.3) is 0 Å². The van der Waals surface area contributed by atoms with Crippen molar-refractivity contribution in [1.29, 1.82) is 0 Å². The van der Waals surface area contributed by atoms with Crippen LogP contribution in [0.25, 0.3) is 0 Å². The Bertz CT molecular complexity index is 461. The first-order valence-corrected chi connectivity index (χ1v) is 5.84. The van der Waals surface area contributed by atoms with Crippen LogP contribution in [0, 0.1) is 6.92 Å². The minimum absolute atomic E-state index is 0.00561. The van der Waals surface area contributed by atoms with Crippen LogP contribution in [0.15, 0.2) is 12.3 Å². The molecule has 1 aliphatic heterocycles. The standard InChI is InChI=1S/C12H16N2O4/c1-9-10(12(16)17)2-3-14(9)8-11(15)13-4-6-18-7-5-13/h2-3H,4-8H2,1H3,(H,16,17). The number of morpholine rings is 1. The van der Waals surface area contributed by atoms with Gasteiger partial charge in [-0.1, -0.05) is 0 Å². The molecule has 6 nitrogen and oxygen atoms in total. The topological polar surface area (TPSA) is 71.8 Å². The maximum atomic E-state index is 12.0. The average Bonchev–Trinajstić information content (AvgIpc) is 2.72. The monoisotopic (exact) mass is 252 g/mol.